The molecule has 3 aromatic carbocycles. The van der Waals surface area contributed by atoms with Crippen molar-refractivity contribution in [1.82, 2.24) is 0 Å². The quantitative estimate of drug-likeness (QED) is 0.191. The average Bonchev–Trinajstić information content (AvgIpc) is 2.84. The highest BCUT2D eigenvalue weighted by Crippen LogP contribution is 2.46. The van der Waals surface area contributed by atoms with Crippen LogP contribution < -0.4 is 15.1 Å². The summed E-state index contributed by atoms with van der Waals surface area (Å²) in [5.41, 5.74) is 0.0446. The highest BCUT2D eigenvalue weighted by molar-refractivity contribution is 5.86. The molecule has 0 unspecified atom stereocenters. The van der Waals surface area contributed by atoms with E-state index in [-0.39, 0.29) is 75.0 Å². The van der Waals surface area contributed by atoms with Crippen molar-refractivity contribution in [2.24, 2.45) is 0 Å². The summed E-state index contributed by atoms with van der Waals surface area (Å²) in [7, 11) is 0. The van der Waals surface area contributed by atoms with E-state index in [1.165, 1.54) is 24.3 Å². The first-order valence-electron chi connectivity index (χ1n) is 11.7. The zero-order chi connectivity index (χ0) is 26.9. The fourth-order valence-electron chi connectivity index (χ4n) is 5.17. The summed E-state index contributed by atoms with van der Waals surface area (Å²) in [5.74, 6) is -1.14. The summed E-state index contributed by atoms with van der Waals surface area (Å²) in [6, 6.07) is 8.72. The molecule has 38 heavy (non-hydrogen) atoms. The number of hydrogen-bond donors (Lipinski definition) is 7. The zero-order valence-corrected chi connectivity index (χ0v) is 19.5. The van der Waals surface area contributed by atoms with Crippen LogP contribution in [0.2, 0.25) is 0 Å². The van der Waals surface area contributed by atoms with Gasteiger partial charge in [-0.05, 0) is 17.7 Å². The minimum absolute atomic E-state index is 0.00410. The van der Waals surface area contributed by atoms with Crippen molar-refractivity contribution in [2.75, 3.05) is 0 Å². The Kier molecular flexibility index (Phi) is 5.30. The topological polar surface area (TPSA) is 190 Å². The molecule has 196 valence electrons. The molecule has 6 rings (SSSR count). The smallest absolute Gasteiger partial charge is 0.336 e. The zero-order valence-electron chi connectivity index (χ0n) is 19.5. The minimum Gasteiger partial charge on any atom is -0.508 e. The SMILES string of the molecule is O=c1cc([C@H]2Oc3cc(O)cc(O)c3C[C@H]2O)c2cc([C@H]3Oc4cc(O)cc(O)c4C[C@H]3O)cc(O)c2o1. The first-order chi connectivity index (χ1) is 18.1. The molecule has 0 radical (unpaired) electrons. The maximum absolute atomic E-state index is 12.4. The van der Waals surface area contributed by atoms with Gasteiger partial charge in [0.1, 0.15) is 40.6 Å². The van der Waals surface area contributed by atoms with Crippen molar-refractivity contribution in [1.29, 1.82) is 0 Å². The van der Waals surface area contributed by atoms with Gasteiger partial charge in [0, 0.05) is 65.3 Å². The van der Waals surface area contributed by atoms with Crippen LogP contribution in [0.5, 0.6) is 40.2 Å². The average molecular weight is 522 g/mol. The number of aliphatic hydroxyl groups is 2. The molecule has 1 aromatic heterocycles. The van der Waals surface area contributed by atoms with Gasteiger partial charge in [0.25, 0.3) is 0 Å². The molecule has 0 amide bonds. The van der Waals surface area contributed by atoms with Crippen molar-refractivity contribution in [3.05, 3.63) is 75.1 Å². The van der Waals surface area contributed by atoms with Gasteiger partial charge in [-0.3, -0.25) is 0 Å². The first kappa shape index (κ1) is 23.8. The summed E-state index contributed by atoms with van der Waals surface area (Å²) < 4.78 is 17.0. The molecular formula is C27H22O11. The number of phenols is 5. The Morgan fingerprint density at radius 1 is 0.658 bits per heavy atom. The van der Waals surface area contributed by atoms with E-state index in [4.69, 9.17) is 13.9 Å². The van der Waals surface area contributed by atoms with Gasteiger partial charge >= 0.3 is 5.63 Å². The summed E-state index contributed by atoms with van der Waals surface area (Å²) in [5, 5.41) is 72.7. The molecule has 11 heteroatoms. The van der Waals surface area contributed by atoms with Gasteiger partial charge in [-0.2, -0.15) is 0 Å². The van der Waals surface area contributed by atoms with E-state index in [0.717, 1.165) is 18.2 Å². The van der Waals surface area contributed by atoms with E-state index >= 15 is 0 Å². The maximum Gasteiger partial charge on any atom is 0.336 e. The van der Waals surface area contributed by atoms with Crippen LogP contribution in [0.1, 0.15) is 34.5 Å². The van der Waals surface area contributed by atoms with Gasteiger partial charge < -0.3 is 49.6 Å². The second-order valence-electron chi connectivity index (χ2n) is 9.44. The fourth-order valence-corrected chi connectivity index (χ4v) is 5.17. The Balaban J connectivity index is 1.47. The van der Waals surface area contributed by atoms with Crippen LogP contribution in [0.15, 0.2) is 51.7 Å². The molecule has 0 saturated carbocycles. The monoisotopic (exact) mass is 522 g/mol. The molecule has 4 aromatic rings. The Morgan fingerprint density at radius 2 is 1.21 bits per heavy atom. The molecule has 4 atom stereocenters. The molecule has 3 heterocycles. The number of phenolic OH excluding ortho intramolecular Hbond substituents is 5. The van der Waals surface area contributed by atoms with Crippen LogP contribution in [0.3, 0.4) is 0 Å². The minimum atomic E-state index is -1.22. The van der Waals surface area contributed by atoms with E-state index in [1.54, 1.807) is 0 Å². The van der Waals surface area contributed by atoms with Crippen molar-refractivity contribution in [3.8, 4) is 40.2 Å². The highest BCUT2D eigenvalue weighted by atomic mass is 16.5. The van der Waals surface area contributed by atoms with Crippen molar-refractivity contribution in [3.63, 3.8) is 0 Å². The van der Waals surface area contributed by atoms with Gasteiger partial charge in [0.15, 0.2) is 17.4 Å². The number of aromatic hydroxyl groups is 5. The number of benzene rings is 3. The van der Waals surface area contributed by atoms with E-state index in [0.29, 0.717) is 5.56 Å². The molecular weight excluding hydrogens is 500 g/mol. The number of aliphatic hydroxyl groups excluding tert-OH is 2. The largest absolute Gasteiger partial charge is 0.508 e. The molecule has 0 fully saturated rings. The Labute approximate surface area is 213 Å². The van der Waals surface area contributed by atoms with Gasteiger partial charge in [0.05, 0.1) is 12.2 Å². The number of fused-ring (bicyclic) bond motifs is 3. The lowest BCUT2D eigenvalue weighted by molar-refractivity contribution is 0.0191. The van der Waals surface area contributed by atoms with E-state index < -0.39 is 35.8 Å². The van der Waals surface area contributed by atoms with Crippen LogP contribution in [0.25, 0.3) is 11.0 Å². The third kappa shape index (κ3) is 3.80. The maximum atomic E-state index is 12.4. The third-order valence-electron chi connectivity index (χ3n) is 6.89. The predicted molar refractivity (Wildman–Crippen MR) is 130 cm³/mol. The van der Waals surface area contributed by atoms with Crippen LogP contribution >= 0.6 is 0 Å². The molecule has 0 saturated heterocycles. The van der Waals surface area contributed by atoms with Gasteiger partial charge in [-0.25, -0.2) is 4.79 Å². The predicted octanol–water partition coefficient (Wildman–Crippen LogP) is 2.40. The van der Waals surface area contributed by atoms with Gasteiger partial charge in [-0.1, -0.05) is 0 Å². The lowest BCUT2D eigenvalue weighted by atomic mass is 9.90. The normalized spacial score (nSPS) is 22.3. The van der Waals surface area contributed by atoms with Crippen LogP contribution in [-0.4, -0.2) is 48.0 Å². The van der Waals surface area contributed by atoms with Crippen LogP contribution in [-0.2, 0) is 12.8 Å². The summed E-state index contributed by atoms with van der Waals surface area (Å²) in [4.78, 5) is 12.4. The van der Waals surface area contributed by atoms with E-state index in [2.05, 4.69) is 0 Å². The van der Waals surface area contributed by atoms with Crippen molar-refractivity contribution >= 4 is 11.0 Å². The summed E-state index contributed by atoms with van der Waals surface area (Å²) in [6.45, 7) is 0. The highest BCUT2D eigenvalue weighted by Gasteiger charge is 2.36. The van der Waals surface area contributed by atoms with Crippen molar-refractivity contribution < 1.29 is 49.6 Å². The molecule has 11 nitrogen and oxygen atoms in total. The number of rotatable bonds is 2. The molecule has 0 bridgehead atoms. The number of ether oxygens (including phenoxy) is 2. The summed E-state index contributed by atoms with van der Waals surface area (Å²) in [6.07, 6.45) is -4.60. The van der Waals surface area contributed by atoms with Gasteiger partial charge in [0.2, 0.25) is 0 Å². The number of hydrogen-bond acceptors (Lipinski definition) is 11. The second kappa shape index (κ2) is 8.47. The second-order valence-corrected chi connectivity index (χ2v) is 9.44. The lowest BCUT2D eigenvalue weighted by Crippen LogP contribution is -2.31. The molecule has 0 aliphatic carbocycles. The Bertz CT molecular complexity index is 1660. The van der Waals surface area contributed by atoms with E-state index in [9.17, 15) is 40.5 Å². The third-order valence-corrected chi connectivity index (χ3v) is 6.89. The lowest BCUT2D eigenvalue weighted by Gasteiger charge is -2.33. The standard InChI is InChI=1S/C27H22O11/c28-11-3-17(30)15-7-20(33)25(36-22(15)5-11)10-1-13-14(9-24(35)38-27(13)19(32)2-10)26-21(34)8-16-18(31)4-12(29)6-23(16)37-26/h1-6,9,20-21,25-26,28-34H,7-8H2/t20-,21-,25-,26-/m1/s1. The Hall–Kier alpha value is -4.61. The van der Waals surface area contributed by atoms with E-state index in [1.807, 2.05) is 0 Å². The molecule has 7 N–H and O–H groups in total. The fraction of sp³-hybridized carbons (Fsp3) is 0.222. The van der Waals surface area contributed by atoms with Crippen LogP contribution in [0.4, 0.5) is 0 Å². The Morgan fingerprint density at radius 3 is 1.82 bits per heavy atom. The summed E-state index contributed by atoms with van der Waals surface area (Å²) >= 11 is 0. The molecule has 2 aliphatic heterocycles. The molecule has 2 aliphatic rings. The van der Waals surface area contributed by atoms with Crippen molar-refractivity contribution in [2.45, 2.75) is 37.3 Å². The van der Waals surface area contributed by atoms with Crippen LogP contribution in [0, 0.1) is 0 Å². The first-order valence-corrected chi connectivity index (χ1v) is 11.7. The van der Waals surface area contributed by atoms with Gasteiger partial charge in [-0.15, -0.1) is 0 Å². The molecule has 0 spiro atoms.